The van der Waals surface area contributed by atoms with Crippen LogP contribution in [0.3, 0.4) is 0 Å². The minimum absolute atomic E-state index is 0.280. The Balaban J connectivity index is 1.91. The van der Waals surface area contributed by atoms with Crippen LogP contribution in [0.15, 0.2) is 48.5 Å². The average Bonchev–Trinajstić information content (AvgIpc) is 2.77. The largest absolute Gasteiger partial charge is 0.328 e. The van der Waals surface area contributed by atoms with Gasteiger partial charge < -0.3 is 5.73 Å². The smallest absolute Gasteiger partial charge is 0.00477 e. The molecule has 2 aromatic carbocycles. The van der Waals surface area contributed by atoms with Crippen molar-refractivity contribution in [1.29, 1.82) is 0 Å². The van der Waals surface area contributed by atoms with E-state index in [9.17, 15) is 0 Å². The van der Waals surface area contributed by atoms with Gasteiger partial charge in [-0.1, -0.05) is 48.5 Å². The van der Waals surface area contributed by atoms with Gasteiger partial charge >= 0.3 is 0 Å². The molecule has 1 nitrogen and oxygen atoms in total. The average molecular weight is 263 g/mol. The normalized spacial score (nSPS) is 27.9. The van der Waals surface area contributed by atoms with Gasteiger partial charge in [0.05, 0.1) is 0 Å². The van der Waals surface area contributed by atoms with Crippen LogP contribution in [0, 0.1) is 0 Å². The third-order valence-corrected chi connectivity index (χ3v) is 5.26. The van der Waals surface area contributed by atoms with Crippen LogP contribution in [0.1, 0.15) is 41.5 Å². The summed E-state index contributed by atoms with van der Waals surface area (Å²) < 4.78 is 0. The van der Waals surface area contributed by atoms with Crippen LogP contribution in [-0.2, 0) is 18.3 Å². The SMILES string of the molecule is NC1CCC2(Cc3ccccc3Cc3ccccc32)C1. The molecule has 1 spiro atoms. The first-order valence-corrected chi connectivity index (χ1v) is 7.68. The van der Waals surface area contributed by atoms with Crippen LogP contribution in [-0.4, -0.2) is 6.04 Å². The molecule has 0 saturated heterocycles. The van der Waals surface area contributed by atoms with E-state index in [1.807, 2.05) is 0 Å². The molecule has 0 aromatic heterocycles. The summed E-state index contributed by atoms with van der Waals surface area (Å²) in [7, 11) is 0. The summed E-state index contributed by atoms with van der Waals surface area (Å²) in [6.07, 6.45) is 5.77. The lowest BCUT2D eigenvalue weighted by Crippen LogP contribution is -2.28. The van der Waals surface area contributed by atoms with E-state index >= 15 is 0 Å². The fraction of sp³-hybridized carbons (Fsp3) is 0.368. The van der Waals surface area contributed by atoms with Crippen molar-refractivity contribution in [3.8, 4) is 0 Å². The molecule has 2 unspecified atom stereocenters. The van der Waals surface area contributed by atoms with E-state index in [-0.39, 0.29) is 5.41 Å². The van der Waals surface area contributed by atoms with E-state index in [0.717, 1.165) is 25.7 Å². The summed E-state index contributed by atoms with van der Waals surface area (Å²) >= 11 is 0. The van der Waals surface area contributed by atoms with Gasteiger partial charge in [0.1, 0.15) is 0 Å². The second-order valence-corrected chi connectivity index (χ2v) is 6.56. The molecule has 0 amide bonds. The predicted octanol–water partition coefficient (Wildman–Crippen LogP) is 3.58. The summed E-state index contributed by atoms with van der Waals surface area (Å²) in [6.45, 7) is 0. The van der Waals surface area contributed by atoms with Gasteiger partial charge in [-0.15, -0.1) is 0 Å². The summed E-state index contributed by atoms with van der Waals surface area (Å²) in [5, 5.41) is 0. The van der Waals surface area contributed by atoms with Crippen molar-refractivity contribution in [1.82, 2.24) is 0 Å². The number of nitrogens with two attached hydrogens (primary N) is 1. The maximum Gasteiger partial charge on any atom is 0.00477 e. The van der Waals surface area contributed by atoms with Crippen molar-refractivity contribution < 1.29 is 0 Å². The minimum Gasteiger partial charge on any atom is -0.328 e. The topological polar surface area (TPSA) is 26.0 Å². The zero-order valence-corrected chi connectivity index (χ0v) is 11.8. The van der Waals surface area contributed by atoms with Gasteiger partial charge in [-0.05, 0) is 54.4 Å². The molecule has 2 aliphatic rings. The van der Waals surface area contributed by atoms with E-state index in [2.05, 4.69) is 48.5 Å². The number of fused-ring (bicyclic) bond motifs is 3. The third-order valence-electron chi connectivity index (χ3n) is 5.26. The Morgan fingerprint density at radius 2 is 1.60 bits per heavy atom. The maximum atomic E-state index is 6.27. The van der Waals surface area contributed by atoms with E-state index in [0.29, 0.717) is 6.04 Å². The summed E-state index contributed by atoms with van der Waals surface area (Å²) in [6, 6.07) is 18.3. The Kier molecular flexibility index (Phi) is 2.71. The Morgan fingerprint density at radius 3 is 2.35 bits per heavy atom. The number of benzene rings is 2. The fourth-order valence-electron chi connectivity index (χ4n) is 4.33. The molecule has 2 aromatic rings. The monoisotopic (exact) mass is 263 g/mol. The second kappa shape index (κ2) is 4.46. The lowest BCUT2D eigenvalue weighted by molar-refractivity contribution is 0.431. The highest BCUT2D eigenvalue weighted by atomic mass is 14.7. The molecular formula is C19H21N. The molecule has 2 aliphatic carbocycles. The standard InChI is InChI=1S/C19H21N/c20-17-9-10-19(13-17)12-16-7-2-1-5-14(16)11-15-6-3-4-8-18(15)19/h1-8,17H,9-13,20H2. The Labute approximate surface area is 120 Å². The molecule has 1 saturated carbocycles. The molecule has 102 valence electrons. The Bertz CT molecular complexity index is 646. The maximum absolute atomic E-state index is 6.27. The highest BCUT2D eigenvalue weighted by molar-refractivity contribution is 5.46. The predicted molar refractivity (Wildman–Crippen MR) is 82.9 cm³/mol. The Morgan fingerprint density at radius 1 is 0.900 bits per heavy atom. The van der Waals surface area contributed by atoms with Gasteiger partial charge in [0.25, 0.3) is 0 Å². The zero-order chi connectivity index (χ0) is 13.6. The van der Waals surface area contributed by atoms with Crippen molar-refractivity contribution in [2.75, 3.05) is 0 Å². The van der Waals surface area contributed by atoms with Crippen molar-refractivity contribution in [3.05, 3.63) is 70.8 Å². The van der Waals surface area contributed by atoms with Crippen LogP contribution >= 0.6 is 0 Å². The van der Waals surface area contributed by atoms with Crippen molar-refractivity contribution in [3.63, 3.8) is 0 Å². The molecule has 2 N–H and O–H groups in total. The first-order valence-electron chi connectivity index (χ1n) is 7.68. The van der Waals surface area contributed by atoms with Crippen LogP contribution in [0.25, 0.3) is 0 Å². The van der Waals surface area contributed by atoms with Gasteiger partial charge in [0.2, 0.25) is 0 Å². The number of hydrogen-bond acceptors (Lipinski definition) is 1. The van der Waals surface area contributed by atoms with E-state index in [1.165, 1.54) is 23.1 Å². The van der Waals surface area contributed by atoms with E-state index in [4.69, 9.17) is 5.73 Å². The lowest BCUT2D eigenvalue weighted by atomic mass is 9.73. The molecule has 0 bridgehead atoms. The van der Waals surface area contributed by atoms with Crippen molar-refractivity contribution >= 4 is 0 Å². The molecule has 20 heavy (non-hydrogen) atoms. The van der Waals surface area contributed by atoms with E-state index < -0.39 is 0 Å². The second-order valence-electron chi connectivity index (χ2n) is 6.56. The van der Waals surface area contributed by atoms with Gasteiger partial charge in [0.15, 0.2) is 0 Å². The van der Waals surface area contributed by atoms with Crippen LogP contribution in [0.2, 0.25) is 0 Å². The van der Waals surface area contributed by atoms with E-state index in [1.54, 1.807) is 5.56 Å². The van der Waals surface area contributed by atoms with Gasteiger partial charge in [-0.3, -0.25) is 0 Å². The van der Waals surface area contributed by atoms with Gasteiger partial charge in [-0.25, -0.2) is 0 Å². The molecule has 0 aliphatic heterocycles. The molecule has 0 heterocycles. The molecular weight excluding hydrogens is 242 g/mol. The molecule has 1 fully saturated rings. The molecule has 1 heteroatoms. The summed E-state index contributed by atoms with van der Waals surface area (Å²) in [4.78, 5) is 0. The third kappa shape index (κ3) is 1.81. The highest BCUT2D eigenvalue weighted by Crippen LogP contribution is 2.47. The van der Waals surface area contributed by atoms with Crippen molar-refractivity contribution in [2.24, 2.45) is 5.73 Å². The summed E-state index contributed by atoms with van der Waals surface area (Å²) in [5.41, 5.74) is 12.6. The first-order chi connectivity index (χ1) is 9.77. The van der Waals surface area contributed by atoms with Gasteiger partial charge in [-0.2, -0.15) is 0 Å². The minimum atomic E-state index is 0.280. The molecule has 4 rings (SSSR count). The van der Waals surface area contributed by atoms with Crippen LogP contribution < -0.4 is 5.73 Å². The van der Waals surface area contributed by atoms with Crippen LogP contribution in [0.5, 0.6) is 0 Å². The number of hydrogen-bond donors (Lipinski definition) is 1. The molecule has 2 atom stereocenters. The zero-order valence-electron chi connectivity index (χ0n) is 11.8. The summed E-state index contributed by atoms with van der Waals surface area (Å²) in [5.74, 6) is 0. The lowest BCUT2D eigenvalue weighted by Gasteiger charge is -2.30. The number of rotatable bonds is 0. The highest BCUT2D eigenvalue weighted by Gasteiger charge is 2.41. The fourth-order valence-corrected chi connectivity index (χ4v) is 4.33. The first kappa shape index (κ1) is 12.2. The Hall–Kier alpha value is -1.60. The quantitative estimate of drug-likeness (QED) is 0.772. The van der Waals surface area contributed by atoms with Crippen LogP contribution in [0.4, 0.5) is 0 Å². The van der Waals surface area contributed by atoms with Crippen molar-refractivity contribution in [2.45, 2.75) is 43.6 Å². The molecule has 0 radical (unpaired) electrons. The van der Waals surface area contributed by atoms with Gasteiger partial charge in [0, 0.05) is 11.5 Å².